The van der Waals surface area contributed by atoms with E-state index >= 15 is 0 Å². The first-order valence-corrected chi connectivity index (χ1v) is 9.16. The Balaban J connectivity index is 1.56. The van der Waals surface area contributed by atoms with E-state index in [1.807, 2.05) is 36.2 Å². The van der Waals surface area contributed by atoms with Crippen molar-refractivity contribution in [2.45, 2.75) is 25.3 Å². The summed E-state index contributed by atoms with van der Waals surface area (Å²) < 4.78 is 0. The second-order valence-electron chi connectivity index (χ2n) is 6.93. The molecule has 1 heterocycles. The van der Waals surface area contributed by atoms with Gasteiger partial charge in [0.2, 0.25) is 0 Å². The van der Waals surface area contributed by atoms with E-state index < -0.39 is 0 Å². The van der Waals surface area contributed by atoms with Gasteiger partial charge in [0.15, 0.2) is 0 Å². The number of anilines is 1. The Bertz CT molecular complexity index is 968. The summed E-state index contributed by atoms with van der Waals surface area (Å²) in [6, 6.07) is 16.0. The number of nitrogen functional groups attached to an aromatic ring is 1. The van der Waals surface area contributed by atoms with E-state index in [1.54, 1.807) is 6.20 Å². The van der Waals surface area contributed by atoms with Gasteiger partial charge in [-0.25, -0.2) is 4.98 Å². The number of amides is 1. The molecule has 0 aliphatic heterocycles. The van der Waals surface area contributed by atoms with Crippen LogP contribution in [0.3, 0.4) is 0 Å². The van der Waals surface area contributed by atoms with Crippen LogP contribution < -0.4 is 5.73 Å². The summed E-state index contributed by atoms with van der Waals surface area (Å²) in [6.07, 6.45) is 6.36. The largest absolute Gasteiger partial charge is 0.382 e. The lowest BCUT2D eigenvalue weighted by Crippen LogP contribution is -2.33. The molecule has 5 nitrogen and oxygen atoms in total. The summed E-state index contributed by atoms with van der Waals surface area (Å²) in [7, 11) is 1.90. The fourth-order valence-corrected chi connectivity index (χ4v) is 3.78. The normalized spacial score (nSPS) is 15.8. The van der Waals surface area contributed by atoms with E-state index in [9.17, 15) is 4.79 Å². The van der Waals surface area contributed by atoms with Crippen LogP contribution in [0.15, 0.2) is 60.9 Å². The van der Waals surface area contributed by atoms with Crippen molar-refractivity contribution >= 4 is 11.7 Å². The number of aryl methyl sites for hydroxylation is 1. The van der Waals surface area contributed by atoms with Gasteiger partial charge in [-0.05, 0) is 42.5 Å². The number of carbonyl (C=O) groups excluding carboxylic acids is 1. The summed E-state index contributed by atoms with van der Waals surface area (Å²) in [5, 5.41) is 0. The topological polar surface area (TPSA) is 72.1 Å². The Morgan fingerprint density at radius 3 is 2.67 bits per heavy atom. The number of aromatic nitrogens is 2. The SMILES string of the molecule is CN(C(=O)c1ccc(-c2cncc(N)n2)cc1)C1CCCc2ccccc21. The van der Waals surface area contributed by atoms with Gasteiger partial charge in [-0.2, -0.15) is 0 Å². The summed E-state index contributed by atoms with van der Waals surface area (Å²) in [4.78, 5) is 23.2. The predicted octanol–water partition coefficient (Wildman–Crippen LogP) is 3.88. The standard InChI is InChI=1S/C22H22N4O/c1-26(20-8-4-6-15-5-2-3-7-18(15)20)22(27)17-11-9-16(10-12-17)19-13-24-14-21(23)25-19/h2-3,5,7,9-14,20H,4,6,8H2,1H3,(H2,23,25). The molecule has 4 rings (SSSR count). The highest BCUT2D eigenvalue weighted by atomic mass is 16.2. The minimum absolute atomic E-state index is 0.0295. The number of nitrogens with two attached hydrogens (primary N) is 1. The third kappa shape index (κ3) is 3.40. The second kappa shape index (κ2) is 7.19. The van der Waals surface area contributed by atoms with Crippen molar-refractivity contribution in [2.75, 3.05) is 12.8 Å². The number of fused-ring (bicyclic) bond motifs is 1. The molecule has 1 aliphatic rings. The third-order valence-corrected chi connectivity index (χ3v) is 5.21. The van der Waals surface area contributed by atoms with Gasteiger partial charge in [-0.1, -0.05) is 36.4 Å². The molecule has 0 fully saturated rings. The minimum Gasteiger partial charge on any atom is -0.382 e. The smallest absolute Gasteiger partial charge is 0.254 e. The van der Waals surface area contributed by atoms with E-state index in [1.165, 1.54) is 17.3 Å². The molecule has 0 spiro atoms. The fraction of sp³-hybridized carbons (Fsp3) is 0.227. The minimum atomic E-state index is 0.0295. The van der Waals surface area contributed by atoms with E-state index in [4.69, 9.17) is 5.73 Å². The van der Waals surface area contributed by atoms with Gasteiger partial charge in [0.1, 0.15) is 5.82 Å². The molecule has 3 aromatic rings. The van der Waals surface area contributed by atoms with Crippen LogP contribution in [-0.2, 0) is 6.42 Å². The number of carbonyl (C=O) groups is 1. The quantitative estimate of drug-likeness (QED) is 0.771. The Morgan fingerprint density at radius 2 is 1.89 bits per heavy atom. The molecule has 27 heavy (non-hydrogen) atoms. The first-order valence-electron chi connectivity index (χ1n) is 9.16. The number of hydrogen-bond donors (Lipinski definition) is 1. The van der Waals surface area contributed by atoms with Gasteiger partial charge >= 0.3 is 0 Å². The zero-order chi connectivity index (χ0) is 18.8. The van der Waals surface area contributed by atoms with Crippen molar-refractivity contribution in [1.29, 1.82) is 0 Å². The molecule has 1 unspecified atom stereocenters. The molecule has 5 heteroatoms. The highest BCUT2D eigenvalue weighted by Gasteiger charge is 2.27. The van der Waals surface area contributed by atoms with Gasteiger partial charge < -0.3 is 10.6 Å². The van der Waals surface area contributed by atoms with Crippen LogP contribution in [0.2, 0.25) is 0 Å². The van der Waals surface area contributed by atoms with E-state index in [-0.39, 0.29) is 11.9 Å². The lowest BCUT2D eigenvalue weighted by molar-refractivity contribution is 0.0715. The maximum atomic E-state index is 13.0. The Hall–Kier alpha value is -3.21. The van der Waals surface area contributed by atoms with Crippen LogP contribution in [-0.4, -0.2) is 27.8 Å². The molecule has 1 amide bonds. The monoisotopic (exact) mass is 358 g/mol. The van der Waals surface area contributed by atoms with Crippen LogP contribution in [0.1, 0.15) is 40.4 Å². The van der Waals surface area contributed by atoms with Crippen LogP contribution in [0, 0.1) is 0 Å². The first-order chi connectivity index (χ1) is 13.1. The van der Waals surface area contributed by atoms with Crippen molar-refractivity contribution in [3.8, 4) is 11.3 Å². The summed E-state index contributed by atoms with van der Waals surface area (Å²) in [5.41, 5.74) is 10.6. The number of hydrogen-bond acceptors (Lipinski definition) is 4. The van der Waals surface area contributed by atoms with Crippen molar-refractivity contribution in [3.63, 3.8) is 0 Å². The van der Waals surface area contributed by atoms with E-state index in [0.717, 1.165) is 24.8 Å². The van der Waals surface area contributed by atoms with Gasteiger partial charge in [0.25, 0.3) is 5.91 Å². The van der Waals surface area contributed by atoms with Crippen LogP contribution in [0.25, 0.3) is 11.3 Å². The lowest BCUT2D eigenvalue weighted by Gasteiger charge is -2.33. The third-order valence-electron chi connectivity index (χ3n) is 5.21. The maximum absolute atomic E-state index is 13.0. The Labute approximate surface area is 158 Å². The summed E-state index contributed by atoms with van der Waals surface area (Å²) in [5.74, 6) is 0.408. The Morgan fingerprint density at radius 1 is 1.11 bits per heavy atom. The molecule has 0 saturated heterocycles. The molecule has 0 radical (unpaired) electrons. The molecule has 0 bridgehead atoms. The van der Waals surface area contributed by atoms with E-state index in [2.05, 4.69) is 34.2 Å². The van der Waals surface area contributed by atoms with Crippen LogP contribution in [0.5, 0.6) is 0 Å². The number of nitrogens with zero attached hydrogens (tertiary/aromatic N) is 3. The average molecular weight is 358 g/mol. The summed E-state index contributed by atoms with van der Waals surface area (Å²) in [6.45, 7) is 0. The molecular formula is C22H22N4O. The average Bonchev–Trinajstić information content (AvgIpc) is 2.72. The van der Waals surface area contributed by atoms with Crippen molar-refractivity contribution < 1.29 is 4.79 Å². The molecule has 1 aliphatic carbocycles. The van der Waals surface area contributed by atoms with Gasteiger partial charge in [-0.3, -0.25) is 9.78 Å². The molecule has 1 atom stereocenters. The van der Waals surface area contributed by atoms with Gasteiger partial charge in [0, 0.05) is 18.2 Å². The fourth-order valence-electron chi connectivity index (χ4n) is 3.78. The summed E-state index contributed by atoms with van der Waals surface area (Å²) >= 11 is 0. The molecular weight excluding hydrogens is 336 g/mol. The zero-order valence-corrected chi connectivity index (χ0v) is 15.3. The van der Waals surface area contributed by atoms with E-state index in [0.29, 0.717) is 17.1 Å². The van der Waals surface area contributed by atoms with Crippen LogP contribution in [0.4, 0.5) is 5.82 Å². The number of benzene rings is 2. The molecule has 1 aromatic heterocycles. The number of rotatable bonds is 3. The second-order valence-corrected chi connectivity index (χ2v) is 6.93. The highest BCUT2D eigenvalue weighted by molar-refractivity contribution is 5.94. The maximum Gasteiger partial charge on any atom is 0.254 e. The predicted molar refractivity (Wildman–Crippen MR) is 106 cm³/mol. The molecule has 0 saturated carbocycles. The molecule has 136 valence electrons. The lowest BCUT2D eigenvalue weighted by atomic mass is 9.87. The van der Waals surface area contributed by atoms with Crippen molar-refractivity contribution in [2.24, 2.45) is 0 Å². The zero-order valence-electron chi connectivity index (χ0n) is 15.3. The molecule has 2 aromatic carbocycles. The van der Waals surface area contributed by atoms with Crippen molar-refractivity contribution in [1.82, 2.24) is 14.9 Å². The van der Waals surface area contributed by atoms with Crippen molar-refractivity contribution in [3.05, 3.63) is 77.6 Å². The Kier molecular flexibility index (Phi) is 4.59. The van der Waals surface area contributed by atoms with Crippen LogP contribution >= 0.6 is 0 Å². The van der Waals surface area contributed by atoms with Gasteiger partial charge in [0.05, 0.1) is 24.1 Å². The molecule has 2 N–H and O–H groups in total. The highest BCUT2D eigenvalue weighted by Crippen LogP contribution is 2.34. The van der Waals surface area contributed by atoms with Gasteiger partial charge in [-0.15, -0.1) is 0 Å². The first kappa shape index (κ1) is 17.2.